The number of halogens is 1. The van der Waals surface area contributed by atoms with Crippen molar-refractivity contribution in [3.05, 3.63) is 34.7 Å². The Labute approximate surface area is 142 Å². The number of rotatable bonds is 2. The van der Waals surface area contributed by atoms with E-state index in [0.717, 1.165) is 14.7 Å². The molecule has 0 aromatic carbocycles. The number of sulfonamides is 1. The minimum Gasteiger partial charge on any atom is -0.369 e. The van der Waals surface area contributed by atoms with Crippen molar-refractivity contribution in [3.63, 3.8) is 0 Å². The zero-order valence-electron chi connectivity index (χ0n) is 12.4. The SMILES string of the molecule is CN1C(N)=N[C@](C)(c2sc(-c3cncnc3)cc2Cl)CS1(=O)=O. The second-order valence-electron chi connectivity index (χ2n) is 5.38. The van der Waals surface area contributed by atoms with Crippen LogP contribution in [0.3, 0.4) is 0 Å². The fraction of sp³-hybridized carbons (Fsp3) is 0.308. The van der Waals surface area contributed by atoms with E-state index in [1.807, 2.05) is 0 Å². The van der Waals surface area contributed by atoms with Gasteiger partial charge < -0.3 is 5.73 Å². The Morgan fingerprint density at radius 3 is 2.65 bits per heavy atom. The van der Waals surface area contributed by atoms with Crippen LogP contribution in [-0.2, 0) is 15.6 Å². The minimum absolute atomic E-state index is 0.0483. The fourth-order valence-electron chi connectivity index (χ4n) is 2.37. The van der Waals surface area contributed by atoms with Gasteiger partial charge in [0.15, 0.2) is 0 Å². The molecule has 0 spiro atoms. The summed E-state index contributed by atoms with van der Waals surface area (Å²) in [5.74, 6) is -0.241. The molecule has 0 radical (unpaired) electrons. The van der Waals surface area contributed by atoms with Crippen LogP contribution in [0.4, 0.5) is 0 Å². The summed E-state index contributed by atoms with van der Waals surface area (Å²) < 4.78 is 25.5. The molecule has 1 aliphatic rings. The van der Waals surface area contributed by atoms with Crippen molar-refractivity contribution in [3.8, 4) is 10.4 Å². The number of nitrogens with zero attached hydrogens (tertiary/aromatic N) is 4. The summed E-state index contributed by atoms with van der Waals surface area (Å²) in [4.78, 5) is 13.8. The fourth-order valence-corrected chi connectivity index (χ4v) is 5.51. The van der Waals surface area contributed by atoms with E-state index in [9.17, 15) is 8.42 Å². The summed E-state index contributed by atoms with van der Waals surface area (Å²) in [6, 6.07) is 1.77. The predicted octanol–water partition coefficient (Wildman–Crippen LogP) is 1.66. The molecular formula is C13H14ClN5O2S2. The van der Waals surface area contributed by atoms with Crippen LogP contribution in [0.25, 0.3) is 10.4 Å². The van der Waals surface area contributed by atoms with Crippen molar-refractivity contribution < 1.29 is 8.42 Å². The first-order valence-electron chi connectivity index (χ1n) is 6.60. The zero-order chi connectivity index (χ0) is 16.8. The third kappa shape index (κ3) is 2.79. The van der Waals surface area contributed by atoms with Crippen LogP contribution in [0.5, 0.6) is 0 Å². The minimum atomic E-state index is -3.54. The van der Waals surface area contributed by atoms with E-state index in [4.69, 9.17) is 17.3 Å². The van der Waals surface area contributed by atoms with Gasteiger partial charge in [0.25, 0.3) is 0 Å². The van der Waals surface area contributed by atoms with E-state index in [1.54, 1.807) is 25.4 Å². The molecule has 2 aromatic heterocycles. The molecule has 0 amide bonds. The lowest BCUT2D eigenvalue weighted by Crippen LogP contribution is -2.50. The van der Waals surface area contributed by atoms with E-state index in [2.05, 4.69) is 15.0 Å². The second-order valence-corrected chi connectivity index (χ2v) is 8.84. The first-order valence-corrected chi connectivity index (χ1v) is 9.40. The molecule has 0 aliphatic carbocycles. The summed E-state index contributed by atoms with van der Waals surface area (Å²) in [7, 11) is -2.15. The molecule has 2 aromatic rings. The maximum absolute atomic E-state index is 12.3. The molecule has 0 saturated carbocycles. The summed E-state index contributed by atoms with van der Waals surface area (Å²) in [6.45, 7) is 1.72. The van der Waals surface area contributed by atoms with Crippen LogP contribution < -0.4 is 5.73 Å². The number of aromatic nitrogens is 2. The van der Waals surface area contributed by atoms with Crippen molar-refractivity contribution in [2.24, 2.45) is 10.7 Å². The Kier molecular flexibility index (Phi) is 3.81. The Morgan fingerprint density at radius 2 is 2.04 bits per heavy atom. The van der Waals surface area contributed by atoms with Gasteiger partial charge in [-0.25, -0.2) is 27.7 Å². The predicted molar refractivity (Wildman–Crippen MR) is 90.9 cm³/mol. The summed E-state index contributed by atoms with van der Waals surface area (Å²) >= 11 is 7.71. The Balaban J connectivity index is 2.11. The van der Waals surface area contributed by atoms with E-state index in [1.165, 1.54) is 24.7 Å². The van der Waals surface area contributed by atoms with E-state index < -0.39 is 15.6 Å². The van der Waals surface area contributed by atoms with Gasteiger partial charge in [-0.15, -0.1) is 11.3 Å². The Hall–Kier alpha value is -1.71. The molecule has 122 valence electrons. The number of hydrogen-bond acceptors (Lipinski definition) is 7. The first kappa shape index (κ1) is 16.2. The van der Waals surface area contributed by atoms with Gasteiger partial charge >= 0.3 is 0 Å². The van der Waals surface area contributed by atoms with Crippen molar-refractivity contribution in [1.82, 2.24) is 14.3 Å². The van der Waals surface area contributed by atoms with Crippen molar-refractivity contribution in [1.29, 1.82) is 0 Å². The van der Waals surface area contributed by atoms with Gasteiger partial charge in [0.2, 0.25) is 16.0 Å². The van der Waals surface area contributed by atoms with Crippen LogP contribution in [-0.4, -0.2) is 41.5 Å². The van der Waals surface area contributed by atoms with Crippen molar-refractivity contribution >= 4 is 38.9 Å². The number of aliphatic imine (C=N–C) groups is 1. The molecule has 1 atom stereocenters. The summed E-state index contributed by atoms with van der Waals surface area (Å²) in [5, 5.41) is 0.452. The van der Waals surface area contributed by atoms with Gasteiger partial charge in [0, 0.05) is 29.9 Å². The third-order valence-corrected chi connectivity index (χ3v) is 7.38. The molecule has 0 unspecified atom stereocenters. The highest BCUT2D eigenvalue weighted by Gasteiger charge is 2.42. The van der Waals surface area contributed by atoms with Crippen LogP contribution in [0, 0.1) is 0 Å². The average Bonchev–Trinajstić information content (AvgIpc) is 2.88. The molecule has 10 heteroatoms. The summed E-state index contributed by atoms with van der Waals surface area (Å²) in [6.07, 6.45) is 4.78. The lowest BCUT2D eigenvalue weighted by Gasteiger charge is -2.33. The van der Waals surface area contributed by atoms with E-state index >= 15 is 0 Å². The topological polar surface area (TPSA) is 102 Å². The molecule has 0 bridgehead atoms. The molecule has 0 saturated heterocycles. The van der Waals surface area contributed by atoms with Gasteiger partial charge in [-0.3, -0.25) is 0 Å². The average molecular weight is 372 g/mol. The molecular weight excluding hydrogens is 358 g/mol. The lowest BCUT2D eigenvalue weighted by molar-refractivity contribution is 0.482. The largest absolute Gasteiger partial charge is 0.369 e. The molecule has 2 N–H and O–H groups in total. The molecule has 7 nitrogen and oxygen atoms in total. The second kappa shape index (κ2) is 5.43. The van der Waals surface area contributed by atoms with Crippen LogP contribution in [0.15, 0.2) is 29.8 Å². The van der Waals surface area contributed by atoms with Crippen molar-refractivity contribution in [2.45, 2.75) is 12.5 Å². The van der Waals surface area contributed by atoms with Gasteiger partial charge in [-0.2, -0.15) is 0 Å². The third-order valence-electron chi connectivity index (χ3n) is 3.59. The summed E-state index contributed by atoms with van der Waals surface area (Å²) in [5.41, 5.74) is 5.56. The molecule has 0 fully saturated rings. The van der Waals surface area contributed by atoms with Crippen LogP contribution in [0.2, 0.25) is 5.02 Å². The standard InChI is InChI=1S/C13H14ClN5O2S2/c1-13(6-23(20,21)19(2)12(15)18-13)11-9(14)3-10(22-11)8-4-16-7-17-5-8/h3-5,7H,6H2,1-2H3,(H2,15,18)/t13-/m0/s1. The highest BCUT2D eigenvalue weighted by molar-refractivity contribution is 7.89. The number of thiophene rings is 1. The molecule has 3 heterocycles. The van der Waals surface area contributed by atoms with Gasteiger partial charge in [0.05, 0.1) is 15.7 Å². The maximum atomic E-state index is 12.3. The Bertz CT molecular complexity index is 881. The van der Waals surface area contributed by atoms with Gasteiger partial charge in [0.1, 0.15) is 11.9 Å². The Morgan fingerprint density at radius 1 is 1.39 bits per heavy atom. The normalized spacial score (nSPS) is 23.6. The number of guanidine groups is 1. The molecule has 23 heavy (non-hydrogen) atoms. The zero-order valence-corrected chi connectivity index (χ0v) is 14.8. The van der Waals surface area contributed by atoms with Crippen LogP contribution in [0.1, 0.15) is 11.8 Å². The smallest absolute Gasteiger partial charge is 0.239 e. The maximum Gasteiger partial charge on any atom is 0.239 e. The quantitative estimate of drug-likeness (QED) is 0.865. The highest BCUT2D eigenvalue weighted by Crippen LogP contribution is 2.43. The van der Waals surface area contributed by atoms with E-state index in [0.29, 0.717) is 9.90 Å². The number of hydrogen-bond donors (Lipinski definition) is 1. The van der Waals surface area contributed by atoms with E-state index in [-0.39, 0.29) is 11.7 Å². The molecule has 1 aliphatic heterocycles. The highest BCUT2D eigenvalue weighted by atomic mass is 35.5. The van der Waals surface area contributed by atoms with Crippen molar-refractivity contribution in [2.75, 3.05) is 12.8 Å². The first-order chi connectivity index (χ1) is 10.7. The monoisotopic (exact) mass is 371 g/mol. The lowest BCUT2D eigenvalue weighted by atomic mass is 10.0. The van der Waals surface area contributed by atoms with Gasteiger partial charge in [-0.1, -0.05) is 11.6 Å². The number of nitrogens with two attached hydrogens (primary N) is 1. The van der Waals surface area contributed by atoms with Gasteiger partial charge in [-0.05, 0) is 13.0 Å². The van der Waals surface area contributed by atoms with Crippen LogP contribution >= 0.6 is 22.9 Å². The molecule has 3 rings (SSSR count).